The van der Waals surface area contributed by atoms with E-state index < -0.39 is 67.4 Å². The average molecular weight is 884 g/mol. The van der Waals surface area contributed by atoms with E-state index in [2.05, 4.69) is 154 Å². The highest BCUT2D eigenvalue weighted by atomic mass is 32.2. The van der Waals surface area contributed by atoms with Gasteiger partial charge < -0.3 is 45.4 Å². The Morgan fingerprint density at radius 2 is 1.03 bits per heavy atom. The second-order valence-electron chi connectivity index (χ2n) is 13.7. The molecular weight excluding hydrogens is 831 g/mol. The molecule has 0 radical (unpaired) electrons. The van der Waals surface area contributed by atoms with Gasteiger partial charge in [-0.1, -0.05) is 89.9 Å². The summed E-state index contributed by atoms with van der Waals surface area (Å²) in [5.41, 5.74) is 0. The average Bonchev–Trinajstić information content (AvgIpc) is 3.28. The summed E-state index contributed by atoms with van der Waals surface area (Å²) in [6.45, 7) is 3.38. The first-order chi connectivity index (χ1) is 31.1. The Morgan fingerprint density at radius 1 is 0.609 bits per heavy atom. The van der Waals surface area contributed by atoms with Crippen molar-refractivity contribution in [2.75, 3.05) is 18.1 Å². The smallest absolute Gasteiger partial charge is 0.313 e. The molecule has 1 aliphatic rings. The highest BCUT2D eigenvalue weighted by Gasteiger charge is 2.44. The van der Waals surface area contributed by atoms with Gasteiger partial charge in [-0.05, 0) is 108 Å². The number of aliphatic hydroxyl groups is 5. The Balaban J connectivity index is 2.83. The van der Waals surface area contributed by atoms with Crippen molar-refractivity contribution in [3.63, 3.8) is 0 Å². The Labute approximate surface area is 383 Å². The fourth-order valence-electron chi connectivity index (χ4n) is 5.49. The van der Waals surface area contributed by atoms with E-state index >= 15 is 0 Å². The normalized spacial score (nSPS) is 17.3. The fraction of sp³-hybridized carbons (Fsp3) is 0.500. The van der Waals surface area contributed by atoms with Crippen LogP contribution in [0.3, 0.4) is 0 Å². The molecule has 1 rings (SSSR count). The van der Waals surface area contributed by atoms with Gasteiger partial charge in [-0.3, -0.25) is 9.59 Å². The van der Waals surface area contributed by atoms with Crippen LogP contribution in [0.1, 0.15) is 97.3 Å². The number of carboxylic acid groups (broad SMARTS) is 1. The number of carbonyl (C=O) groups excluding carboxylic acids is 1. The van der Waals surface area contributed by atoms with Crippen LogP contribution in [-0.2, 0) is 19.1 Å². The third kappa shape index (κ3) is 29.1. The maximum Gasteiger partial charge on any atom is 0.313 e. The van der Waals surface area contributed by atoms with E-state index in [4.69, 9.17) is 14.6 Å². The number of thioether (sulfide) groups is 1. The Morgan fingerprint density at radius 3 is 1.47 bits per heavy atom. The van der Waals surface area contributed by atoms with Gasteiger partial charge in [0, 0.05) is 47.2 Å². The number of aliphatic hydroxyl groups excluding tert-OH is 5. The maximum absolute atomic E-state index is 12.8. The molecule has 8 atom stereocenters. The maximum atomic E-state index is 12.8. The van der Waals surface area contributed by atoms with Crippen LogP contribution in [0.2, 0.25) is 0 Å². The van der Waals surface area contributed by atoms with Crippen molar-refractivity contribution in [3.8, 4) is 142 Å². The second kappa shape index (κ2) is 38.4. The molecule has 1 amide bonds. The lowest BCUT2D eigenvalue weighted by Crippen LogP contribution is -2.60. The lowest BCUT2D eigenvalue weighted by atomic mass is 9.98. The number of hydrogen-bond donors (Lipinski definition) is 7. The van der Waals surface area contributed by atoms with E-state index in [1.54, 1.807) is 6.92 Å². The van der Waals surface area contributed by atoms with Crippen LogP contribution in [0.4, 0.5) is 0 Å². The van der Waals surface area contributed by atoms with E-state index in [0.717, 1.165) is 37.4 Å². The lowest BCUT2D eigenvalue weighted by Gasteiger charge is -2.40. The second-order valence-corrected chi connectivity index (χ2v) is 14.7. The molecule has 0 spiro atoms. The van der Waals surface area contributed by atoms with E-state index in [9.17, 15) is 35.1 Å². The first kappa shape index (κ1) is 55.7. The van der Waals surface area contributed by atoms with Crippen LogP contribution in [-0.4, -0.2) is 110 Å². The minimum absolute atomic E-state index is 0.0364. The minimum Gasteiger partial charge on any atom is -0.481 e. The molecule has 1 saturated heterocycles. The molecule has 0 aromatic carbocycles. The van der Waals surface area contributed by atoms with Crippen molar-refractivity contribution < 1.29 is 49.7 Å². The number of carbonyl (C=O) groups is 2. The molecule has 0 bridgehead atoms. The summed E-state index contributed by atoms with van der Waals surface area (Å²) in [7, 11) is 0. The van der Waals surface area contributed by atoms with E-state index in [-0.39, 0.29) is 17.9 Å². The predicted molar refractivity (Wildman–Crippen MR) is 246 cm³/mol. The molecular formula is C52H53NO10S. The summed E-state index contributed by atoms with van der Waals surface area (Å²) in [5, 5.41) is 64.8. The van der Waals surface area contributed by atoms with Crippen LogP contribution >= 0.6 is 11.8 Å². The molecule has 12 heteroatoms. The molecule has 0 saturated carbocycles. The first-order valence-corrected chi connectivity index (χ1v) is 22.0. The first-order valence-electron chi connectivity index (χ1n) is 20.8. The topological polar surface area (TPSA) is 186 Å². The quantitative estimate of drug-likeness (QED) is 0.0589. The number of unbranched alkanes of at least 4 members (excludes halogenated alkanes) is 11. The van der Waals surface area contributed by atoms with Gasteiger partial charge in [0.1, 0.15) is 24.4 Å². The summed E-state index contributed by atoms with van der Waals surface area (Å²) in [6, 6.07) is -1.26. The number of rotatable bonds is 23. The summed E-state index contributed by atoms with van der Waals surface area (Å²) >= 11 is 0.931. The highest BCUT2D eigenvalue weighted by Crippen LogP contribution is 2.25. The zero-order valence-corrected chi connectivity index (χ0v) is 37.0. The zero-order valence-electron chi connectivity index (χ0n) is 36.2. The van der Waals surface area contributed by atoms with Crippen molar-refractivity contribution in [1.82, 2.24) is 5.32 Å². The van der Waals surface area contributed by atoms with E-state index in [1.165, 1.54) is 44.9 Å². The van der Waals surface area contributed by atoms with Crippen LogP contribution in [0.5, 0.6) is 0 Å². The Hall–Kier alpha value is -6.27. The largest absolute Gasteiger partial charge is 0.481 e. The SMILES string of the molecule is CC#CC#CC#CC#CC#CC#CC#CC#CC#CC#CC#CC#CC(=O)N[C@@H](CO[C@H]1OC(CSCC(=O)O)[C@H](O)[C@H](O)C1O)[C@H](O)[C@H](O)CCCCCCCCCCCCCC. The number of amides is 1. The van der Waals surface area contributed by atoms with Gasteiger partial charge in [-0.25, -0.2) is 0 Å². The molecule has 1 heterocycles. The van der Waals surface area contributed by atoms with Crippen LogP contribution < -0.4 is 5.32 Å². The van der Waals surface area contributed by atoms with Crippen LogP contribution in [0.15, 0.2) is 0 Å². The monoisotopic (exact) mass is 883 g/mol. The fourth-order valence-corrected chi connectivity index (χ4v) is 6.29. The molecule has 7 N–H and O–H groups in total. The zero-order chi connectivity index (χ0) is 46.9. The number of carboxylic acids is 1. The molecule has 1 fully saturated rings. The number of nitrogens with one attached hydrogen (secondary N) is 1. The molecule has 0 aliphatic carbocycles. The number of hydrogen-bond acceptors (Lipinski definition) is 10. The Bertz CT molecular complexity index is 2290. The number of aliphatic carboxylic acids is 1. The minimum atomic E-state index is -1.72. The van der Waals surface area contributed by atoms with Crippen molar-refractivity contribution in [2.24, 2.45) is 0 Å². The van der Waals surface area contributed by atoms with Gasteiger partial charge in [0.25, 0.3) is 5.91 Å². The molecule has 2 unspecified atom stereocenters. The van der Waals surface area contributed by atoms with Crippen molar-refractivity contribution in [1.29, 1.82) is 0 Å². The van der Waals surface area contributed by atoms with Crippen LogP contribution in [0, 0.1) is 142 Å². The van der Waals surface area contributed by atoms with Gasteiger partial charge in [-0.15, -0.1) is 11.8 Å². The van der Waals surface area contributed by atoms with Gasteiger partial charge in [0.15, 0.2) is 6.29 Å². The third-order valence-corrected chi connectivity index (χ3v) is 9.72. The molecule has 332 valence electrons. The van der Waals surface area contributed by atoms with Crippen molar-refractivity contribution in [3.05, 3.63) is 0 Å². The third-order valence-electron chi connectivity index (χ3n) is 8.71. The Kier molecular flexibility index (Phi) is 33.5. The van der Waals surface area contributed by atoms with Crippen molar-refractivity contribution in [2.45, 2.75) is 146 Å². The summed E-state index contributed by atoms with van der Waals surface area (Å²) in [6.07, 6.45) is 3.42. The van der Waals surface area contributed by atoms with Crippen LogP contribution in [0.25, 0.3) is 0 Å². The standard InChI is InChI=1S/C52H53NO10S/c1-3-5-7-9-11-13-15-17-18-19-20-21-22-23-24-25-26-27-29-31-33-35-37-39-46(55)53-43(40-62-52-51(61)50(60)49(59)45(63-52)41-64-42-47(56)57)48(58)44(54)38-36-34-32-30-28-16-14-12-10-8-6-4-2/h43-45,48-52,54,58-61H,4,6,8,10,12,14,16,28,30,32,34,36,38,40-42H2,1-2H3,(H,53,55)(H,56,57)/t43-,44+,45?,48-,49-,50-,51?,52-/m0/s1. The molecule has 1 aliphatic heterocycles. The van der Waals surface area contributed by atoms with Crippen molar-refractivity contribution >= 4 is 23.6 Å². The summed E-state index contributed by atoms with van der Waals surface area (Å²) in [5.74, 6) is 57.0. The van der Waals surface area contributed by atoms with Gasteiger partial charge >= 0.3 is 5.97 Å². The number of ether oxygens (including phenoxy) is 2. The summed E-state index contributed by atoms with van der Waals surface area (Å²) in [4.78, 5) is 23.7. The lowest BCUT2D eigenvalue weighted by molar-refractivity contribution is -0.294. The highest BCUT2D eigenvalue weighted by molar-refractivity contribution is 7.99. The molecule has 11 nitrogen and oxygen atoms in total. The van der Waals surface area contributed by atoms with E-state index in [1.807, 2.05) is 0 Å². The van der Waals surface area contributed by atoms with Gasteiger partial charge in [-0.2, -0.15) is 0 Å². The summed E-state index contributed by atoms with van der Waals surface area (Å²) < 4.78 is 11.3. The molecule has 64 heavy (non-hydrogen) atoms. The van der Waals surface area contributed by atoms with E-state index in [0.29, 0.717) is 6.42 Å². The van der Waals surface area contributed by atoms with Gasteiger partial charge in [0.05, 0.1) is 30.6 Å². The van der Waals surface area contributed by atoms with Gasteiger partial charge in [0.2, 0.25) is 0 Å². The predicted octanol–water partition coefficient (Wildman–Crippen LogP) is 1.99. The molecule has 0 aromatic rings. The molecule has 0 aromatic heterocycles.